The van der Waals surface area contributed by atoms with E-state index in [1.54, 1.807) is 0 Å². The van der Waals surface area contributed by atoms with Crippen molar-refractivity contribution in [3.8, 4) is 0 Å². The molecular formula is C41H77N5O10. The number of ketones is 2. The summed E-state index contributed by atoms with van der Waals surface area (Å²) in [4.78, 5) is 77.8. The third-order valence-electron chi connectivity index (χ3n) is 10.3. The van der Waals surface area contributed by atoms with E-state index >= 15 is 0 Å². The van der Waals surface area contributed by atoms with E-state index in [2.05, 4.69) is 22.9 Å². The number of rotatable bonds is 37. The van der Waals surface area contributed by atoms with Crippen LogP contribution >= 0.6 is 0 Å². The molecular weight excluding hydrogens is 722 g/mol. The lowest BCUT2D eigenvalue weighted by atomic mass is 9.89. The predicted octanol–water partition coefficient (Wildman–Crippen LogP) is 3.17. The first kappa shape index (κ1) is 53.0. The Hall–Kier alpha value is -2.98. The molecule has 0 heterocycles. The van der Waals surface area contributed by atoms with Crippen molar-refractivity contribution in [2.75, 3.05) is 19.7 Å². The highest BCUT2D eigenvalue weighted by atomic mass is 16.4. The van der Waals surface area contributed by atoms with Crippen LogP contribution in [0.3, 0.4) is 0 Å². The molecule has 56 heavy (non-hydrogen) atoms. The lowest BCUT2D eigenvalue weighted by Gasteiger charge is -2.27. The second-order valence-electron chi connectivity index (χ2n) is 15.4. The molecule has 0 aromatic rings. The van der Waals surface area contributed by atoms with Gasteiger partial charge < -0.3 is 47.8 Å². The summed E-state index contributed by atoms with van der Waals surface area (Å²) in [7, 11) is 0. The van der Waals surface area contributed by atoms with Crippen molar-refractivity contribution in [1.82, 2.24) is 16.0 Å². The van der Waals surface area contributed by atoms with E-state index in [1.165, 1.54) is 71.6 Å². The average Bonchev–Trinajstić information content (AvgIpc) is 3.15. The van der Waals surface area contributed by atoms with Gasteiger partial charge in [-0.1, -0.05) is 90.4 Å². The smallest absolute Gasteiger partial charge is 0.328 e. The van der Waals surface area contributed by atoms with Gasteiger partial charge in [0.1, 0.15) is 12.1 Å². The molecule has 7 atom stereocenters. The summed E-state index contributed by atoms with van der Waals surface area (Å²) < 4.78 is 0. The highest BCUT2D eigenvalue weighted by Gasteiger charge is 2.36. The van der Waals surface area contributed by atoms with Gasteiger partial charge >= 0.3 is 5.97 Å². The fourth-order valence-corrected chi connectivity index (χ4v) is 6.65. The van der Waals surface area contributed by atoms with Crippen molar-refractivity contribution in [2.24, 2.45) is 23.3 Å². The number of nitrogens with one attached hydrogen (secondary N) is 3. The quantitative estimate of drug-likeness (QED) is 0.0410. The number of hydrogen-bond acceptors (Lipinski definition) is 11. The van der Waals surface area contributed by atoms with Crippen LogP contribution in [0.2, 0.25) is 0 Å². The molecule has 15 nitrogen and oxygen atoms in total. The zero-order valence-corrected chi connectivity index (χ0v) is 34.6. The monoisotopic (exact) mass is 800 g/mol. The Morgan fingerprint density at radius 1 is 0.571 bits per heavy atom. The number of carboxylic acids is 1. The van der Waals surface area contributed by atoms with Crippen LogP contribution in [0.5, 0.6) is 0 Å². The number of nitrogens with two attached hydrogens (primary N) is 2. The van der Waals surface area contributed by atoms with E-state index in [0.717, 1.165) is 19.3 Å². The summed E-state index contributed by atoms with van der Waals surface area (Å²) in [6.07, 6.45) is 14.5. The molecule has 0 aromatic carbocycles. The van der Waals surface area contributed by atoms with Crippen LogP contribution in [0.4, 0.5) is 0 Å². The summed E-state index contributed by atoms with van der Waals surface area (Å²) in [5.74, 6) is -6.96. The number of aliphatic carboxylic acids is 1. The minimum atomic E-state index is -1.59. The number of Topliss-reactive ketones (excluding diaryl/α,β-unsaturated/α-hetero) is 2. The molecule has 0 aromatic heterocycles. The van der Waals surface area contributed by atoms with E-state index in [-0.39, 0.29) is 18.7 Å². The van der Waals surface area contributed by atoms with Gasteiger partial charge in [-0.25, -0.2) is 4.79 Å². The van der Waals surface area contributed by atoms with Crippen molar-refractivity contribution < 1.29 is 49.2 Å². The number of carbonyl (C=O) groups excluding carboxylic acids is 5. The molecule has 0 bridgehead atoms. The van der Waals surface area contributed by atoms with Crippen LogP contribution in [0, 0.1) is 11.8 Å². The zero-order chi connectivity index (χ0) is 42.3. The fraction of sp³-hybridized carbons (Fsp3) is 0.854. The number of aliphatic hydroxyl groups excluding tert-OH is 3. The maximum Gasteiger partial charge on any atom is 0.328 e. The summed E-state index contributed by atoms with van der Waals surface area (Å²) in [5.41, 5.74) is 11.2. The number of carbonyl (C=O) groups is 6. The second kappa shape index (κ2) is 33.0. The number of unbranched alkanes of at least 4 members (excludes halogenated alkanes) is 14. The number of hydrogen-bond donors (Lipinski definition) is 9. The average molecular weight is 800 g/mol. The molecule has 0 saturated heterocycles. The third-order valence-corrected chi connectivity index (χ3v) is 10.3. The van der Waals surface area contributed by atoms with Gasteiger partial charge in [-0.15, -0.1) is 0 Å². The van der Waals surface area contributed by atoms with Gasteiger partial charge in [-0.2, -0.15) is 0 Å². The van der Waals surface area contributed by atoms with E-state index in [0.29, 0.717) is 51.6 Å². The van der Waals surface area contributed by atoms with Gasteiger partial charge in [0.05, 0.1) is 30.8 Å². The molecule has 11 N–H and O–H groups in total. The molecule has 0 aliphatic carbocycles. The molecule has 0 spiro atoms. The van der Waals surface area contributed by atoms with E-state index in [4.69, 9.17) is 11.5 Å². The first-order valence-electron chi connectivity index (χ1n) is 21.3. The molecule has 0 rings (SSSR count). The maximum atomic E-state index is 13.6. The topological polar surface area (TPSA) is 271 Å². The minimum Gasteiger partial charge on any atom is -0.480 e. The lowest BCUT2D eigenvalue weighted by Crippen LogP contribution is -2.53. The molecule has 15 heteroatoms. The van der Waals surface area contributed by atoms with Gasteiger partial charge in [0, 0.05) is 25.2 Å². The van der Waals surface area contributed by atoms with Gasteiger partial charge in [-0.3, -0.25) is 24.0 Å². The predicted molar refractivity (Wildman–Crippen MR) is 216 cm³/mol. The van der Waals surface area contributed by atoms with Crippen molar-refractivity contribution in [1.29, 1.82) is 0 Å². The van der Waals surface area contributed by atoms with Crippen molar-refractivity contribution in [2.45, 2.75) is 192 Å². The Morgan fingerprint density at radius 2 is 1.09 bits per heavy atom. The first-order chi connectivity index (χ1) is 26.7. The summed E-state index contributed by atoms with van der Waals surface area (Å²) in [6.45, 7) is 4.67. The van der Waals surface area contributed by atoms with Gasteiger partial charge in [0.15, 0.2) is 11.6 Å². The zero-order valence-electron chi connectivity index (χ0n) is 34.6. The molecule has 0 unspecified atom stereocenters. The van der Waals surface area contributed by atoms with Crippen molar-refractivity contribution in [3.63, 3.8) is 0 Å². The molecule has 0 aliphatic rings. The highest BCUT2D eigenvalue weighted by Crippen LogP contribution is 2.19. The van der Waals surface area contributed by atoms with Crippen LogP contribution < -0.4 is 27.4 Å². The number of aliphatic hydroxyl groups is 3. The van der Waals surface area contributed by atoms with Gasteiger partial charge in [0.25, 0.3) is 0 Å². The van der Waals surface area contributed by atoms with Gasteiger partial charge in [-0.05, 0) is 65.5 Å². The van der Waals surface area contributed by atoms with Crippen LogP contribution in [-0.2, 0) is 28.8 Å². The normalized spacial score (nSPS) is 15.1. The minimum absolute atomic E-state index is 0.147. The first-order valence-corrected chi connectivity index (χ1v) is 21.3. The Labute approximate surface area is 335 Å². The molecule has 0 radical (unpaired) electrons. The Balaban J connectivity index is 5.38. The highest BCUT2D eigenvalue weighted by molar-refractivity contribution is 5.96. The standard InChI is InChI=1S/C41H77N5O10/c1-4-5-6-7-8-9-10-11-12-13-14-15-16-23-37(52)44-33(22-18-20-25-43)35(50)27-32(29(2)48)40(54)46-38(30(3)49)36(51)26-31(21-17-19-24-42)39(53)45-34(28-47)41(55)56/h29-34,38,47-49H,4-28,42-43H2,1-3H3,(H,44,52)(H,45,53)(H,46,54)(H,55,56)/t29-,30-,31-,32+,33+,34+,38+/m1/s1. The molecule has 3 amide bonds. The summed E-state index contributed by atoms with van der Waals surface area (Å²) in [6, 6.07) is -4.01. The van der Waals surface area contributed by atoms with E-state index in [1.807, 2.05) is 0 Å². The Morgan fingerprint density at radius 3 is 1.55 bits per heavy atom. The summed E-state index contributed by atoms with van der Waals surface area (Å²) in [5, 5.41) is 47.2. The second-order valence-corrected chi connectivity index (χ2v) is 15.4. The maximum absolute atomic E-state index is 13.6. The summed E-state index contributed by atoms with van der Waals surface area (Å²) >= 11 is 0. The van der Waals surface area contributed by atoms with Crippen LogP contribution in [-0.4, -0.2) is 106 Å². The largest absolute Gasteiger partial charge is 0.480 e. The van der Waals surface area contributed by atoms with Crippen molar-refractivity contribution in [3.05, 3.63) is 0 Å². The van der Waals surface area contributed by atoms with Crippen LogP contribution in [0.15, 0.2) is 0 Å². The molecule has 0 saturated carbocycles. The third kappa shape index (κ3) is 24.6. The Bertz CT molecular complexity index is 1120. The fourth-order valence-electron chi connectivity index (χ4n) is 6.65. The lowest BCUT2D eigenvalue weighted by molar-refractivity contribution is -0.144. The van der Waals surface area contributed by atoms with Crippen molar-refractivity contribution >= 4 is 35.3 Å². The SMILES string of the molecule is CCCCCCCCCCCCCCCC(=O)N[C@@H](CCCCN)C(=O)C[C@H](C(=O)N[C@H](C(=O)C[C@@H](CCCCN)C(=O)N[C@@H](CO)C(=O)O)[C@@H](C)O)[C@@H](C)O. The van der Waals surface area contributed by atoms with E-state index in [9.17, 15) is 49.2 Å². The van der Waals surface area contributed by atoms with Crippen LogP contribution in [0.25, 0.3) is 0 Å². The Kier molecular flexibility index (Phi) is 31.3. The molecule has 0 aliphatic heterocycles. The molecule has 0 fully saturated rings. The number of amides is 3. The number of carboxylic acid groups (broad SMARTS) is 1. The molecule has 326 valence electrons. The van der Waals surface area contributed by atoms with E-state index < -0.39 is 91.0 Å². The van der Waals surface area contributed by atoms with Gasteiger partial charge in [0.2, 0.25) is 17.7 Å². The van der Waals surface area contributed by atoms with Crippen LogP contribution in [0.1, 0.15) is 162 Å².